The molecule has 0 saturated heterocycles. The number of benzene rings is 1. The minimum absolute atomic E-state index is 0.754. The first-order valence-corrected chi connectivity index (χ1v) is 5.17. The van der Waals surface area contributed by atoms with Crippen molar-refractivity contribution in [2.45, 2.75) is 26.2 Å². The third kappa shape index (κ3) is 4.70. The molecule has 0 heterocycles. The summed E-state index contributed by atoms with van der Waals surface area (Å²) >= 11 is 0. The zero-order valence-electron chi connectivity index (χ0n) is 8.70. The summed E-state index contributed by atoms with van der Waals surface area (Å²) in [5.74, 6) is 0.924. The molecule has 0 aromatic heterocycles. The number of unbranched alkanes of at least 4 members (excludes halogenated alkanes) is 1. The van der Waals surface area contributed by atoms with Gasteiger partial charge in [-0.05, 0) is 31.0 Å². The van der Waals surface area contributed by atoms with Gasteiger partial charge >= 0.3 is 0 Å². The SMILES string of the molecule is CCC/C=C/CCOc1cc[c]cc1. The van der Waals surface area contributed by atoms with Crippen LogP contribution in [0.1, 0.15) is 26.2 Å². The van der Waals surface area contributed by atoms with Crippen LogP contribution in [0.3, 0.4) is 0 Å². The molecular formula is C13H17O. The summed E-state index contributed by atoms with van der Waals surface area (Å²) in [6, 6.07) is 10.5. The molecule has 1 heteroatoms. The van der Waals surface area contributed by atoms with Gasteiger partial charge in [0.15, 0.2) is 0 Å². The average Bonchev–Trinajstić information content (AvgIpc) is 2.25. The summed E-state index contributed by atoms with van der Waals surface area (Å²) in [5, 5.41) is 0. The largest absolute Gasteiger partial charge is 0.493 e. The van der Waals surface area contributed by atoms with Crippen LogP contribution in [0.2, 0.25) is 0 Å². The van der Waals surface area contributed by atoms with Crippen molar-refractivity contribution in [2.24, 2.45) is 0 Å². The lowest BCUT2D eigenvalue weighted by atomic mass is 10.3. The van der Waals surface area contributed by atoms with Crippen LogP contribution in [-0.4, -0.2) is 6.61 Å². The molecule has 0 atom stereocenters. The van der Waals surface area contributed by atoms with Gasteiger partial charge < -0.3 is 4.74 Å². The lowest BCUT2D eigenvalue weighted by Gasteiger charge is -2.02. The van der Waals surface area contributed by atoms with Crippen LogP contribution in [-0.2, 0) is 0 Å². The first-order chi connectivity index (χ1) is 6.93. The van der Waals surface area contributed by atoms with E-state index in [4.69, 9.17) is 4.74 Å². The number of hydrogen-bond donors (Lipinski definition) is 0. The Bertz CT molecular complexity index is 251. The first-order valence-electron chi connectivity index (χ1n) is 5.17. The molecule has 0 amide bonds. The van der Waals surface area contributed by atoms with Crippen molar-refractivity contribution in [1.29, 1.82) is 0 Å². The lowest BCUT2D eigenvalue weighted by Crippen LogP contribution is -1.94. The molecule has 1 aromatic rings. The van der Waals surface area contributed by atoms with Crippen molar-refractivity contribution in [3.8, 4) is 5.75 Å². The van der Waals surface area contributed by atoms with Crippen LogP contribution in [0.5, 0.6) is 5.75 Å². The molecule has 0 aliphatic carbocycles. The van der Waals surface area contributed by atoms with Gasteiger partial charge in [-0.15, -0.1) is 0 Å². The van der Waals surface area contributed by atoms with Gasteiger partial charge in [0.1, 0.15) is 5.75 Å². The van der Waals surface area contributed by atoms with Crippen molar-refractivity contribution < 1.29 is 4.74 Å². The Morgan fingerprint density at radius 1 is 1.21 bits per heavy atom. The second-order valence-corrected chi connectivity index (χ2v) is 3.13. The molecule has 75 valence electrons. The summed E-state index contributed by atoms with van der Waals surface area (Å²) in [7, 11) is 0. The topological polar surface area (TPSA) is 9.23 Å². The van der Waals surface area contributed by atoms with E-state index in [1.807, 2.05) is 24.3 Å². The Hall–Kier alpha value is -1.24. The molecule has 0 aliphatic heterocycles. The Balaban J connectivity index is 2.10. The Labute approximate surface area is 86.4 Å². The Morgan fingerprint density at radius 2 is 1.93 bits per heavy atom. The summed E-state index contributed by atoms with van der Waals surface area (Å²) < 4.78 is 5.51. The van der Waals surface area contributed by atoms with E-state index in [-0.39, 0.29) is 0 Å². The van der Waals surface area contributed by atoms with E-state index in [9.17, 15) is 0 Å². The maximum absolute atomic E-state index is 5.51. The zero-order chi connectivity index (χ0) is 10.1. The highest BCUT2D eigenvalue weighted by Gasteiger charge is 1.88. The maximum Gasteiger partial charge on any atom is 0.119 e. The standard InChI is InChI=1S/C13H17O/c1-2-3-4-5-9-12-14-13-10-7-6-8-11-13/h4-5,7-8,10-11H,2-3,9,12H2,1H3/b5-4+. The summed E-state index contributed by atoms with van der Waals surface area (Å²) in [4.78, 5) is 0. The molecule has 0 fully saturated rings. The van der Waals surface area contributed by atoms with Gasteiger partial charge in [-0.2, -0.15) is 0 Å². The molecule has 14 heavy (non-hydrogen) atoms. The van der Waals surface area contributed by atoms with Gasteiger partial charge in [-0.1, -0.05) is 37.6 Å². The first kappa shape index (κ1) is 10.8. The van der Waals surface area contributed by atoms with Gasteiger partial charge in [-0.25, -0.2) is 0 Å². The van der Waals surface area contributed by atoms with E-state index >= 15 is 0 Å². The number of allylic oxidation sites excluding steroid dienone is 1. The van der Waals surface area contributed by atoms with Gasteiger partial charge in [0.05, 0.1) is 6.61 Å². The zero-order valence-corrected chi connectivity index (χ0v) is 8.70. The molecule has 0 aliphatic rings. The minimum Gasteiger partial charge on any atom is -0.493 e. The highest BCUT2D eigenvalue weighted by Crippen LogP contribution is 2.08. The summed E-state index contributed by atoms with van der Waals surface area (Å²) in [6.45, 7) is 2.94. The summed E-state index contributed by atoms with van der Waals surface area (Å²) in [5.41, 5.74) is 0. The third-order valence-corrected chi connectivity index (χ3v) is 1.86. The fraction of sp³-hybridized carbons (Fsp3) is 0.385. The molecule has 0 spiro atoms. The van der Waals surface area contributed by atoms with Crippen molar-refractivity contribution in [1.82, 2.24) is 0 Å². The van der Waals surface area contributed by atoms with Crippen molar-refractivity contribution in [3.05, 3.63) is 42.5 Å². The van der Waals surface area contributed by atoms with E-state index in [1.54, 1.807) is 0 Å². The van der Waals surface area contributed by atoms with Crippen molar-refractivity contribution >= 4 is 0 Å². The molecule has 0 saturated carbocycles. The van der Waals surface area contributed by atoms with Gasteiger partial charge in [0, 0.05) is 0 Å². The second-order valence-electron chi connectivity index (χ2n) is 3.13. The van der Waals surface area contributed by atoms with E-state index < -0.39 is 0 Å². The minimum atomic E-state index is 0.754. The number of hydrogen-bond acceptors (Lipinski definition) is 1. The molecule has 0 N–H and O–H groups in total. The van der Waals surface area contributed by atoms with Gasteiger partial charge in [-0.3, -0.25) is 0 Å². The fourth-order valence-electron chi connectivity index (χ4n) is 1.12. The molecule has 1 rings (SSSR count). The van der Waals surface area contributed by atoms with E-state index in [0.29, 0.717) is 0 Å². The number of ether oxygens (including phenoxy) is 1. The molecule has 1 radical (unpaired) electrons. The molecule has 0 unspecified atom stereocenters. The van der Waals surface area contributed by atoms with E-state index in [0.717, 1.165) is 18.8 Å². The van der Waals surface area contributed by atoms with Crippen LogP contribution in [0.25, 0.3) is 0 Å². The van der Waals surface area contributed by atoms with Crippen molar-refractivity contribution in [2.75, 3.05) is 6.61 Å². The van der Waals surface area contributed by atoms with Crippen LogP contribution in [0, 0.1) is 6.07 Å². The molecule has 0 bridgehead atoms. The van der Waals surface area contributed by atoms with Crippen LogP contribution in [0.4, 0.5) is 0 Å². The van der Waals surface area contributed by atoms with Crippen LogP contribution >= 0.6 is 0 Å². The average molecular weight is 189 g/mol. The predicted octanol–water partition coefficient (Wildman–Crippen LogP) is 3.61. The predicted molar refractivity (Wildman–Crippen MR) is 59.4 cm³/mol. The Morgan fingerprint density at radius 3 is 2.64 bits per heavy atom. The lowest BCUT2D eigenvalue weighted by molar-refractivity contribution is 0.325. The maximum atomic E-state index is 5.51. The molecular weight excluding hydrogens is 172 g/mol. The third-order valence-electron chi connectivity index (χ3n) is 1.86. The van der Waals surface area contributed by atoms with Crippen LogP contribution < -0.4 is 4.74 Å². The monoisotopic (exact) mass is 189 g/mol. The highest BCUT2D eigenvalue weighted by molar-refractivity contribution is 5.20. The van der Waals surface area contributed by atoms with Gasteiger partial charge in [0.2, 0.25) is 0 Å². The van der Waals surface area contributed by atoms with E-state index in [1.165, 1.54) is 12.8 Å². The number of rotatable bonds is 6. The van der Waals surface area contributed by atoms with E-state index in [2.05, 4.69) is 25.1 Å². The highest BCUT2D eigenvalue weighted by atomic mass is 16.5. The summed E-state index contributed by atoms with van der Waals surface area (Å²) in [6.07, 6.45) is 7.76. The smallest absolute Gasteiger partial charge is 0.119 e. The van der Waals surface area contributed by atoms with Crippen molar-refractivity contribution in [3.63, 3.8) is 0 Å². The Kier molecular flexibility index (Phi) is 5.57. The fourth-order valence-corrected chi connectivity index (χ4v) is 1.12. The molecule has 1 nitrogen and oxygen atoms in total. The van der Waals surface area contributed by atoms with Crippen LogP contribution in [0.15, 0.2) is 36.4 Å². The quantitative estimate of drug-likeness (QED) is 0.490. The van der Waals surface area contributed by atoms with Gasteiger partial charge in [0.25, 0.3) is 0 Å². The molecule has 1 aromatic carbocycles. The second kappa shape index (κ2) is 7.19. The normalized spacial score (nSPS) is 10.6.